The second kappa shape index (κ2) is 4.15. The Kier molecular flexibility index (Phi) is 2.69. The van der Waals surface area contributed by atoms with E-state index in [9.17, 15) is 9.50 Å². The van der Waals surface area contributed by atoms with Gasteiger partial charge in [-0.1, -0.05) is 30.3 Å². The summed E-state index contributed by atoms with van der Waals surface area (Å²) in [6.45, 7) is 1.81. The highest BCUT2D eigenvalue weighted by Gasteiger charge is 2.42. The average molecular weight is 257 g/mol. The molecule has 0 saturated carbocycles. The molecule has 1 aliphatic rings. The largest absolute Gasteiger partial charge is 0.380 e. The molecule has 0 aromatic heterocycles. The molecule has 0 saturated heterocycles. The monoisotopic (exact) mass is 257 g/mol. The smallest absolute Gasteiger partial charge is 0.123 e. The van der Waals surface area contributed by atoms with Crippen LogP contribution in [0.25, 0.3) is 0 Å². The molecule has 2 atom stereocenters. The third-order valence-corrected chi connectivity index (χ3v) is 3.96. The highest BCUT2D eigenvalue weighted by molar-refractivity contribution is 5.49. The Hall–Kier alpha value is -1.71. The Morgan fingerprint density at radius 3 is 2.68 bits per heavy atom. The third-order valence-electron chi connectivity index (χ3n) is 3.96. The van der Waals surface area contributed by atoms with Crippen LogP contribution in [-0.2, 0) is 5.60 Å². The quantitative estimate of drug-likeness (QED) is 0.825. The minimum atomic E-state index is -1.12. The Morgan fingerprint density at radius 2 is 1.95 bits per heavy atom. The maximum atomic E-state index is 13.2. The second-order valence-electron chi connectivity index (χ2n) is 5.22. The summed E-state index contributed by atoms with van der Waals surface area (Å²) in [6.07, 6.45) is 0.429. The molecule has 2 aromatic rings. The molecular weight excluding hydrogens is 241 g/mol. The number of halogens is 1. The van der Waals surface area contributed by atoms with E-state index >= 15 is 0 Å². The molecule has 3 N–H and O–H groups in total. The van der Waals surface area contributed by atoms with Gasteiger partial charge >= 0.3 is 0 Å². The standard InChI is InChI=1S/C16H16FNO/c1-10-8-11(17)6-7-13(10)16(19)9-15(18)12-4-2-3-5-14(12)16/h2-8,15,19H,9,18H2,1H3. The number of hydrogen-bond acceptors (Lipinski definition) is 2. The van der Waals surface area contributed by atoms with Crippen molar-refractivity contribution in [1.82, 2.24) is 0 Å². The summed E-state index contributed by atoms with van der Waals surface area (Å²) in [6, 6.07) is 11.9. The van der Waals surface area contributed by atoms with Crippen molar-refractivity contribution in [1.29, 1.82) is 0 Å². The summed E-state index contributed by atoms with van der Waals surface area (Å²) >= 11 is 0. The van der Waals surface area contributed by atoms with Gasteiger partial charge in [-0.3, -0.25) is 0 Å². The van der Waals surface area contributed by atoms with Crippen LogP contribution in [0, 0.1) is 12.7 Å². The molecule has 0 radical (unpaired) electrons. The number of hydrogen-bond donors (Lipinski definition) is 2. The van der Waals surface area contributed by atoms with Gasteiger partial charge in [0.25, 0.3) is 0 Å². The van der Waals surface area contributed by atoms with Gasteiger partial charge in [0, 0.05) is 12.5 Å². The zero-order valence-electron chi connectivity index (χ0n) is 10.7. The van der Waals surface area contributed by atoms with Gasteiger partial charge in [-0.05, 0) is 41.3 Å². The minimum Gasteiger partial charge on any atom is -0.380 e. The number of nitrogens with two attached hydrogens (primary N) is 1. The third kappa shape index (κ3) is 1.78. The normalized spacial score (nSPS) is 25.4. The van der Waals surface area contributed by atoms with Crippen LogP contribution in [0.1, 0.15) is 34.7 Å². The number of rotatable bonds is 1. The van der Waals surface area contributed by atoms with Gasteiger partial charge in [0.15, 0.2) is 0 Å². The summed E-state index contributed by atoms with van der Waals surface area (Å²) in [5.74, 6) is -0.291. The number of aliphatic hydroxyl groups is 1. The van der Waals surface area contributed by atoms with Crippen LogP contribution < -0.4 is 5.73 Å². The van der Waals surface area contributed by atoms with Crippen molar-refractivity contribution in [3.63, 3.8) is 0 Å². The fourth-order valence-corrected chi connectivity index (χ4v) is 3.08. The highest BCUT2D eigenvalue weighted by Crippen LogP contribution is 2.46. The second-order valence-corrected chi connectivity index (χ2v) is 5.22. The molecule has 0 bridgehead atoms. The van der Waals surface area contributed by atoms with Crippen LogP contribution >= 0.6 is 0 Å². The van der Waals surface area contributed by atoms with Crippen LogP contribution in [0.5, 0.6) is 0 Å². The molecule has 3 heteroatoms. The van der Waals surface area contributed by atoms with Crippen molar-refractivity contribution in [3.8, 4) is 0 Å². The lowest BCUT2D eigenvalue weighted by molar-refractivity contribution is 0.0769. The maximum Gasteiger partial charge on any atom is 0.123 e. The van der Waals surface area contributed by atoms with Crippen LogP contribution in [-0.4, -0.2) is 5.11 Å². The first-order valence-corrected chi connectivity index (χ1v) is 6.36. The predicted molar refractivity (Wildman–Crippen MR) is 72.1 cm³/mol. The van der Waals surface area contributed by atoms with Crippen LogP contribution in [0.4, 0.5) is 4.39 Å². The van der Waals surface area contributed by atoms with E-state index in [2.05, 4.69) is 0 Å². The summed E-state index contributed by atoms with van der Waals surface area (Å²) in [4.78, 5) is 0. The summed E-state index contributed by atoms with van der Waals surface area (Å²) < 4.78 is 13.2. The predicted octanol–water partition coefficient (Wildman–Crippen LogP) is 2.77. The Bertz CT molecular complexity index is 640. The SMILES string of the molecule is Cc1cc(F)ccc1C1(O)CC(N)c2ccccc21. The topological polar surface area (TPSA) is 46.2 Å². The highest BCUT2D eigenvalue weighted by atomic mass is 19.1. The molecule has 1 aliphatic carbocycles. The molecule has 2 unspecified atom stereocenters. The molecular formula is C16H16FNO. The Labute approximate surface area is 111 Å². The van der Waals surface area contributed by atoms with E-state index < -0.39 is 5.60 Å². The molecule has 0 aliphatic heterocycles. The van der Waals surface area contributed by atoms with Gasteiger partial charge in [0.1, 0.15) is 11.4 Å². The van der Waals surface area contributed by atoms with Gasteiger partial charge < -0.3 is 10.8 Å². The van der Waals surface area contributed by atoms with Crippen molar-refractivity contribution >= 4 is 0 Å². The Morgan fingerprint density at radius 1 is 1.21 bits per heavy atom. The van der Waals surface area contributed by atoms with E-state index in [1.807, 2.05) is 31.2 Å². The zero-order chi connectivity index (χ0) is 13.6. The van der Waals surface area contributed by atoms with Crippen LogP contribution in [0.2, 0.25) is 0 Å². The molecule has 0 fully saturated rings. The number of benzene rings is 2. The molecule has 2 aromatic carbocycles. The van der Waals surface area contributed by atoms with Crippen molar-refractivity contribution in [3.05, 3.63) is 70.5 Å². The first-order chi connectivity index (χ1) is 9.02. The van der Waals surface area contributed by atoms with E-state index in [-0.39, 0.29) is 11.9 Å². The fraction of sp³-hybridized carbons (Fsp3) is 0.250. The minimum absolute atomic E-state index is 0.189. The van der Waals surface area contributed by atoms with Gasteiger partial charge in [-0.25, -0.2) is 4.39 Å². The lowest BCUT2D eigenvalue weighted by Crippen LogP contribution is -2.26. The van der Waals surface area contributed by atoms with Gasteiger partial charge in [0.05, 0.1) is 0 Å². The van der Waals surface area contributed by atoms with Crippen LogP contribution in [0.15, 0.2) is 42.5 Å². The molecule has 0 spiro atoms. The summed E-state index contributed by atoms with van der Waals surface area (Å²) in [5, 5.41) is 11.1. The van der Waals surface area contributed by atoms with E-state index in [0.717, 1.165) is 22.3 Å². The van der Waals surface area contributed by atoms with E-state index in [1.165, 1.54) is 12.1 Å². The average Bonchev–Trinajstić information content (AvgIpc) is 2.63. The van der Waals surface area contributed by atoms with Gasteiger partial charge in [-0.2, -0.15) is 0 Å². The summed E-state index contributed by atoms with van der Waals surface area (Å²) in [7, 11) is 0. The van der Waals surface area contributed by atoms with Crippen molar-refractivity contribution < 1.29 is 9.50 Å². The van der Waals surface area contributed by atoms with E-state index in [0.29, 0.717) is 6.42 Å². The number of fused-ring (bicyclic) bond motifs is 1. The van der Waals surface area contributed by atoms with E-state index in [4.69, 9.17) is 5.73 Å². The fourth-order valence-electron chi connectivity index (χ4n) is 3.08. The zero-order valence-corrected chi connectivity index (χ0v) is 10.7. The molecule has 3 rings (SSSR count). The molecule has 0 amide bonds. The lowest BCUT2D eigenvalue weighted by atomic mass is 9.85. The van der Waals surface area contributed by atoms with Gasteiger partial charge in [0.2, 0.25) is 0 Å². The lowest BCUT2D eigenvalue weighted by Gasteiger charge is -2.26. The van der Waals surface area contributed by atoms with Crippen LogP contribution in [0.3, 0.4) is 0 Å². The molecule has 0 heterocycles. The molecule has 2 nitrogen and oxygen atoms in total. The first kappa shape index (κ1) is 12.3. The van der Waals surface area contributed by atoms with Crippen molar-refractivity contribution in [2.75, 3.05) is 0 Å². The molecule has 19 heavy (non-hydrogen) atoms. The first-order valence-electron chi connectivity index (χ1n) is 6.36. The number of aryl methyl sites for hydroxylation is 1. The maximum absolute atomic E-state index is 13.2. The summed E-state index contributed by atoms with van der Waals surface area (Å²) in [5.41, 5.74) is 8.26. The van der Waals surface area contributed by atoms with Gasteiger partial charge in [-0.15, -0.1) is 0 Å². The van der Waals surface area contributed by atoms with Crippen molar-refractivity contribution in [2.24, 2.45) is 5.73 Å². The van der Waals surface area contributed by atoms with E-state index in [1.54, 1.807) is 6.07 Å². The molecule has 98 valence electrons. The Balaban J connectivity index is 2.20. The van der Waals surface area contributed by atoms with Crippen molar-refractivity contribution in [2.45, 2.75) is 25.0 Å².